The molecule has 1 aromatic carbocycles. The highest BCUT2D eigenvalue weighted by atomic mass is 16.2. The third-order valence-electron chi connectivity index (χ3n) is 5.08. The Labute approximate surface area is 291 Å². The van der Waals surface area contributed by atoms with Gasteiger partial charge in [0.25, 0.3) is 0 Å². The van der Waals surface area contributed by atoms with Gasteiger partial charge in [-0.05, 0) is 42.4 Å². The molecule has 0 atom stereocenters. The summed E-state index contributed by atoms with van der Waals surface area (Å²) < 4.78 is 0. The van der Waals surface area contributed by atoms with Crippen LogP contribution in [0.25, 0.3) is 5.57 Å². The molecule has 5 amide bonds. The average molecular weight is 680 g/mol. The van der Waals surface area contributed by atoms with Crippen LogP contribution in [0, 0.1) is 11.8 Å². The molecule has 1 rings (SSSR count). The molecular formula is C36H69N7O5. The Hall–Kier alpha value is -3.93. The van der Waals surface area contributed by atoms with Gasteiger partial charge in [0.05, 0.1) is 32.7 Å². The van der Waals surface area contributed by atoms with Crippen molar-refractivity contribution in [2.45, 2.75) is 88.5 Å². The summed E-state index contributed by atoms with van der Waals surface area (Å²) in [6.45, 7) is 24.3. The molecule has 0 aliphatic heterocycles. The highest BCUT2D eigenvalue weighted by Gasteiger charge is 2.14. The lowest BCUT2D eigenvalue weighted by molar-refractivity contribution is -0.135. The lowest BCUT2D eigenvalue weighted by Crippen LogP contribution is -2.46. The van der Waals surface area contributed by atoms with Crippen molar-refractivity contribution in [3.8, 4) is 0 Å². The van der Waals surface area contributed by atoms with E-state index in [1.807, 2.05) is 46.0 Å². The van der Waals surface area contributed by atoms with Crippen molar-refractivity contribution in [1.29, 1.82) is 0 Å². The minimum Gasteiger partial charge on any atom is -0.388 e. The number of likely N-dealkylation sites (N-methyl/N-ethyl adjacent to an activating group) is 1. The topological polar surface area (TPSA) is 175 Å². The molecule has 0 bridgehead atoms. The van der Waals surface area contributed by atoms with E-state index in [0.29, 0.717) is 6.54 Å². The Kier molecular flexibility index (Phi) is 36.5. The second-order valence-corrected chi connectivity index (χ2v) is 11.9. The lowest BCUT2D eigenvalue weighted by Gasteiger charge is -2.17. The number of para-hydroxylation sites is 1. The number of unbranched alkanes of at least 4 members (excludes halogenated alkanes) is 2. The molecule has 0 radical (unpaired) electrons. The average Bonchev–Trinajstić information content (AvgIpc) is 3.04. The first kappa shape index (κ1) is 50.9. The summed E-state index contributed by atoms with van der Waals surface area (Å²) in [4.78, 5) is 58.7. The van der Waals surface area contributed by atoms with Crippen LogP contribution in [-0.2, 0) is 24.0 Å². The summed E-state index contributed by atoms with van der Waals surface area (Å²) in [7, 11) is 3.32. The van der Waals surface area contributed by atoms with Gasteiger partial charge >= 0.3 is 0 Å². The van der Waals surface area contributed by atoms with Gasteiger partial charge < -0.3 is 37.2 Å². The predicted molar refractivity (Wildman–Crippen MR) is 201 cm³/mol. The molecule has 48 heavy (non-hydrogen) atoms. The monoisotopic (exact) mass is 680 g/mol. The summed E-state index contributed by atoms with van der Waals surface area (Å²) in [6.07, 6.45) is 2.96. The number of hydrogen-bond donors (Lipinski definition) is 6. The molecule has 0 heterocycles. The fourth-order valence-corrected chi connectivity index (χ4v) is 2.90. The van der Waals surface area contributed by atoms with Crippen LogP contribution in [0.5, 0.6) is 0 Å². The summed E-state index contributed by atoms with van der Waals surface area (Å²) in [5.41, 5.74) is 8.50. The molecule has 7 N–H and O–H groups in total. The van der Waals surface area contributed by atoms with E-state index in [1.165, 1.54) is 12.6 Å². The zero-order valence-corrected chi connectivity index (χ0v) is 32.1. The van der Waals surface area contributed by atoms with Crippen molar-refractivity contribution in [3.63, 3.8) is 0 Å². The maximum atomic E-state index is 11.9. The molecule has 0 fully saturated rings. The first-order chi connectivity index (χ1) is 22.5. The molecular weight excluding hydrogens is 610 g/mol. The van der Waals surface area contributed by atoms with Crippen LogP contribution >= 0.6 is 0 Å². The number of hydrogen-bond acceptors (Lipinski definition) is 7. The van der Waals surface area contributed by atoms with Crippen LogP contribution in [0.2, 0.25) is 0 Å². The van der Waals surface area contributed by atoms with Gasteiger partial charge in [0, 0.05) is 26.3 Å². The maximum Gasteiger partial charge on any atom is 0.242 e. The first-order valence-electron chi connectivity index (χ1n) is 17.0. The third kappa shape index (κ3) is 36.5. The van der Waals surface area contributed by atoms with E-state index in [1.54, 1.807) is 0 Å². The lowest BCUT2D eigenvalue weighted by atomic mass is 10.1. The maximum absolute atomic E-state index is 11.9. The van der Waals surface area contributed by atoms with Crippen LogP contribution in [-0.4, -0.2) is 87.8 Å². The molecule has 0 aliphatic carbocycles. The molecule has 1 aromatic rings. The van der Waals surface area contributed by atoms with Crippen molar-refractivity contribution in [2.75, 3.05) is 58.7 Å². The fourth-order valence-electron chi connectivity index (χ4n) is 2.90. The Balaban J connectivity index is -0.000000373. The standard InChI is InChI=1S/C16H30N6O5.C10H13N.2C4H10.C2H6/c1-3-4-5-6-18-13(24)8-20-15(26)11-22(2)16(27)10-21-14(25)9-19-12(23)7-17;1-8(2)9-6-4-5-7-10(9)11-3;2*1-4(2)3;1-2/h3-11,17H2,1-2H3,(H,18,24)(H,19,23)(H,20,26)(H,21,25);4-7,11H,1H2,2-3H3;2*4H,1-3H3;1-2H3. The second-order valence-electron chi connectivity index (χ2n) is 11.9. The SMILES string of the molecule is C=C(C)c1ccccc1NC.CC.CC(C)C.CC(C)C.CCCCCNC(=O)CNC(=O)CN(C)C(=O)CNC(=O)CNC(=O)CN. The highest BCUT2D eigenvalue weighted by Crippen LogP contribution is 2.20. The Morgan fingerprint density at radius 2 is 1.23 bits per heavy atom. The van der Waals surface area contributed by atoms with E-state index < -0.39 is 23.6 Å². The Morgan fingerprint density at radius 1 is 0.771 bits per heavy atom. The van der Waals surface area contributed by atoms with Crippen LogP contribution in [0.3, 0.4) is 0 Å². The number of benzene rings is 1. The number of nitrogens with two attached hydrogens (primary N) is 1. The molecule has 0 aliphatic rings. The van der Waals surface area contributed by atoms with Gasteiger partial charge in [-0.25, -0.2) is 0 Å². The van der Waals surface area contributed by atoms with Gasteiger partial charge in [-0.2, -0.15) is 0 Å². The van der Waals surface area contributed by atoms with Crippen molar-refractivity contribution in [3.05, 3.63) is 36.4 Å². The number of amides is 5. The number of nitrogens with one attached hydrogen (secondary N) is 5. The highest BCUT2D eigenvalue weighted by molar-refractivity contribution is 5.91. The van der Waals surface area contributed by atoms with Gasteiger partial charge in [-0.1, -0.05) is 99.9 Å². The number of allylic oxidation sites excluding steroid dienone is 1. The number of anilines is 1. The number of nitrogens with zero attached hydrogens (tertiary/aromatic N) is 1. The van der Waals surface area contributed by atoms with Crippen molar-refractivity contribution in [2.24, 2.45) is 17.6 Å². The van der Waals surface area contributed by atoms with Gasteiger partial charge in [0.1, 0.15) is 0 Å². The number of carbonyl (C=O) groups is 5. The fraction of sp³-hybridized carbons (Fsp3) is 0.639. The van der Waals surface area contributed by atoms with E-state index in [0.717, 1.165) is 47.3 Å². The quantitative estimate of drug-likeness (QED) is 0.151. The van der Waals surface area contributed by atoms with Gasteiger partial charge in [-0.3, -0.25) is 24.0 Å². The molecule has 0 spiro atoms. The molecule has 0 saturated heterocycles. The van der Waals surface area contributed by atoms with E-state index in [9.17, 15) is 24.0 Å². The van der Waals surface area contributed by atoms with Crippen molar-refractivity contribution in [1.82, 2.24) is 26.2 Å². The Bertz CT molecular complexity index is 1020. The van der Waals surface area contributed by atoms with E-state index in [-0.39, 0.29) is 38.6 Å². The van der Waals surface area contributed by atoms with E-state index >= 15 is 0 Å². The molecule has 0 unspecified atom stereocenters. The van der Waals surface area contributed by atoms with Crippen molar-refractivity contribution < 1.29 is 24.0 Å². The minimum absolute atomic E-state index is 0.162. The summed E-state index contributed by atoms with van der Waals surface area (Å²) in [6, 6.07) is 8.14. The first-order valence-corrected chi connectivity index (χ1v) is 17.0. The predicted octanol–water partition coefficient (Wildman–Crippen LogP) is 4.17. The zero-order valence-electron chi connectivity index (χ0n) is 32.1. The van der Waals surface area contributed by atoms with E-state index in [4.69, 9.17) is 5.73 Å². The summed E-state index contributed by atoms with van der Waals surface area (Å²) in [5.74, 6) is -0.647. The van der Waals surface area contributed by atoms with Gasteiger partial charge in [0.15, 0.2) is 0 Å². The van der Waals surface area contributed by atoms with Crippen LogP contribution in [0.4, 0.5) is 5.69 Å². The van der Waals surface area contributed by atoms with Gasteiger partial charge in [0.2, 0.25) is 29.5 Å². The molecule has 278 valence electrons. The third-order valence-corrected chi connectivity index (χ3v) is 5.08. The number of carbonyl (C=O) groups excluding carboxylic acids is 5. The normalized spacial score (nSPS) is 9.31. The molecule has 0 saturated carbocycles. The number of rotatable bonds is 15. The smallest absolute Gasteiger partial charge is 0.242 e. The van der Waals surface area contributed by atoms with Crippen LogP contribution in [0.15, 0.2) is 30.8 Å². The van der Waals surface area contributed by atoms with Crippen molar-refractivity contribution >= 4 is 40.8 Å². The summed E-state index contributed by atoms with van der Waals surface area (Å²) in [5, 5.41) is 12.8. The van der Waals surface area contributed by atoms with Crippen LogP contribution in [0.1, 0.15) is 94.1 Å². The van der Waals surface area contributed by atoms with Crippen LogP contribution < -0.4 is 32.3 Å². The minimum atomic E-state index is -0.553. The van der Waals surface area contributed by atoms with E-state index in [2.05, 4.69) is 87.7 Å². The Morgan fingerprint density at radius 3 is 1.67 bits per heavy atom. The molecule has 12 heteroatoms. The molecule has 12 nitrogen and oxygen atoms in total. The second kappa shape index (κ2) is 34.4. The largest absolute Gasteiger partial charge is 0.388 e. The molecule has 0 aromatic heterocycles. The zero-order chi connectivity index (χ0) is 38.1. The summed E-state index contributed by atoms with van der Waals surface area (Å²) >= 11 is 0. The van der Waals surface area contributed by atoms with Gasteiger partial charge in [-0.15, -0.1) is 0 Å².